The van der Waals surface area contributed by atoms with Gasteiger partial charge in [0.25, 0.3) is 0 Å². The molecule has 0 aromatic heterocycles. The predicted octanol–water partition coefficient (Wildman–Crippen LogP) is 1.30. The van der Waals surface area contributed by atoms with Crippen molar-refractivity contribution in [1.82, 2.24) is 4.90 Å². The van der Waals surface area contributed by atoms with Crippen molar-refractivity contribution in [1.29, 1.82) is 0 Å². The molecule has 2 rings (SSSR count). The summed E-state index contributed by atoms with van der Waals surface area (Å²) < 4.78 is 0. The first-order valence-corrected chi connectivity index (χ1v) is 6.45. The van der Waals surface area contributed by atoms with Crippen LogP contribution in [0.2, 0.25) is 0 Å². The van der Waals surface area contributed by atoms with Gasteiger partial charge in [-0.25, -0.2) is 0 Å². The van der Waals surface area contributed by atoms with Crippen LogP contribution in [0, 0.1) is 5.41 Å². The monoisotopic (exact) mass is 239 g/mol. The molecule has 0 saturated heterocycles. The van der Waals surface area contributed by atoms with Crippen molar-refractivity contribution < 1.29 is 10.0 Å². The molecule has 2 fully saturated rings. The number of nitrogens with zero attached hydrogens (tertiary/aromatic N) is 2. The fraction of sp³-hybridized carbons (Fsp3) is 0.833. The van der Waals surface area contributed by atoms with Crippen LogP contribution in [0.25, 0.3) is 0 Å². The third-order valence-corrected chi connectivity index (χ3v) is 3.93. The highest BCUT2D eigenvalue weighted by molar-refractivity contribution is 6.07. The van der Waals surface area contributed by atoms with Gasteiger partial charge in [0.2, 0.25) is 5.91 Å². The van der Waals surface area contributed by atoms with E-state index >= 15 is 0 Å². The Morgan fingerprint density at radius 3 is 2.53 bits per heavy atom. The van der Waals surface area contributed by atoms with Crippen LogP contribution >= 0.6 is 0 Å². The zero-order valence-corrected chi connectivity index (χ0v) is 10.4. The summed E-state index contributed by atoms with van der Waals surface area (Å²) in [5.74, 6) is 0.166. The van der Waals surface area contributed by atoms with Gasteiger partial charge in [-0.2, -0.15) is 0 Å². The lowest BCUT2D eigenvalue weighted by molar-refractivity contribution is -0.142. The topological polar surface area (TPSA) is 78.9 Å². The molecule has 2 aliphatic carbocycles. The smallest absolute Gasteiger partial charge is 0.236 e. The Balaban J connectivity index is 2.15. The highest BCUT2D eigenvalue weighted by Crippen LogP contribution is 2.44. The minimum atomic E-state index is -0.702. The van der Waals surface area contributed by atoms with Crippen molar-refractivity contribution in [2.75, 3.05) is 6.54 Å². The van der Waals surface area contributed by atoms with Crippen LogP contribution in [0.15, 0.2) is 5.16 Å². The maximum absolute atomic E-state index is 12.6. The van der Waals surface area contributed by atoms with E-state index in [0.29, 0.717) is 18.9 Å². The number of amidine groups is 1. The third kappa shape index (κ3) is 1.98. The minimum absolute atomic E-state index is 0.0726. The molecule has 2 saturated carbocycles. The van der Waals surface area contributed by atoms with E-state index in [2.05, 4.69) is 12.1 Å². The van der Waals surface area contributed by atoms with Gasteiger partial charge in [-0.05, 0) is 32.1 Å². The molecule has 2 aliphatic rings. The Bertz CT molecular complexity index is 333. The van der Waals surface area contributed by atoms with Crippen LogP contribution in [-0.2, 0) is 4.79 Å². The number of rotatable bonds is 5. The maximum atomic E-state index is 12.6. The first kappa shape index (κ1) is 12.2. The summed E-state index contributed by atoms with van der Waals surface area (Å²) in [7, 11) is 0. The zero-order valence-electron chi connectivity index (χ0n) is 10.4. The number of nitrogens with two attached hydrogens (primary N) is 1. The van der Waals surface area contributed by atoms with Crippen LogP contribution in [-0.4, -0.2) is 34.4 Å². The standard InChI is InChI=1S/C12H21N3O2/c1-2-8-15(9-4-5-9)11(16)12(6-3-7-12)10(13)14-17/h9,17H,2-8H2,1H3,(H2,13,14). The van der Waals surface area contributed by atoms with Crippen molar-refractivity contribution in [2.24, 2.45) is 16.3 Å². The first-order chi connectivity index (χ1) is 8.15. The van der Waals surface area contributed by atoms with E-state index in [9.17, 15) is 4.79 Å². The highest BCUT2D eigenvalue weighted by atomic mass is 16.4. The molecule has 0 aromatic rings. The van der Waals surface area contributed by atoms with E-state index < -0.39 is 5.41 Å². The number of hydrogen-bond acceptors (Lipinski definition) is 3. The van der Waals surface area contributed by atoms with Gasteiger partial charge in [0.15, 0.2) is 5.84 Å². The van der Waals surface area contributed by atoms with Crippen molar-refractivity contribution in [3.05, 3.63) is 0 Å². The fourth-order valence-electron chi connectivity index (χ4n) is 2.56. The molecule has 0 unspecified atom stereocenters. The molecule has 0 spiro atoms. The molecule has 1 amide bonds. The van der Waals surface area contributed by atoms with Crippen molar-refractivity contribution in [2.45, 2.75) is 51.5 Å². The zero-order chi connectivity index (χ0) is 12.5. The average Bonchev–Trinajstić information content (AvgIpc) is 3.07. The second-order valence-corrected chi connectivity index (χ2v) is 5.15. The lowest BCUT2D eigenvalue weighted by Gasteiger charge is -2.42. The van der Waals surface area contributed by atoms with Crippen molar-refractivity contribution >= 4 is 11.7 Å². The van der Waals surface area contributed by atoms with Gasteiger partial charge in [0.05, 0.1) is 0 Å². The van der Waals surface area contributed by atoms with E-state index in [1.165, 1.54) is 0 Å². The molecular weight excluding hydrogens is 218 g/mol. The fourth-order valence-corrected chi connectivity index (χ4v) is 2.56. The summed E-state index contributed by atoms with van der Waals surface area (Å²) in [5.41, 5.74) is 5.02. The second kappa shape index (κ2) is 4.55. The Morgan fingerprint density at radius 1 is 1.53 bits per heavy atom. The van der Waals surface area contributed by atoms with Crippen molar-refractivity contribution in [3.63, 3.8) is 0 Å². The van der Waals surface area contributed by atoms with Gasteiger partial charge < -0.3 is 15.8 Å². The Labute approximate surface area is 102 Å². The van der Waals surface area contributed by atoms with Crippen LogP contribution < -0.4 is 5.73 Å². The van der Waals surface area contributed by atoms with Gasteiger partial charge in [0.1, 0.15) is 5.41 Å². The van der Waals surface area contributed by atoms with Gasteiger partial charge in [-0.3, -0.25) is 4.79 Å². The number of carbonyl (C=O) groups is 1. The SMILES string of the molecule is CCCN(C(=O)C1(C(N)=NO)CCC1)C1CC1. The summed E-state index contributed by atoms with van der Waals surface area (Å²) in [6.45, 7) is 2.85. The summed E-state index contributed by atoms with van der Waals surface area (Å²) in [4.78, 5) is 14.5. The summed E-state index contributed by atoms with van der Waals surface area (Å²) in [6.07, 6.45) is 5.56. The molecule has 0 bridgehead atoms. The van der Waals surface area contributed by atoms with E-state index in [-0.39, 0.29) is 11.7 Å². The van der Waals surface area contributed by atoms with Gasteiger partial charge in [0, 0.05) is 12.6 Å². The van der Waals surface area contributed by atoms with Crippen LogP contribution in [0.1, 0.15) is 45.4 Å². The molecule has 96 valence electrons. The molecule has 17 heavy (non-hydrogen) atoms. The lowest BCUT2D eigenvalue weighted by atomic mass is 9.66. The Kier molecular flexibility index (Phi) is 3.26. The van der Waals surface area contributed by atoms with Crippen LogP contribution in [0.3, 0.4) is 0 Å². The molecule has 0 aliphatic heterocycles. The highest BCUT2D eigenvalue weighted by Gasteiger charge is 2.52. The van der Waals surface area contributed by atoms with E-state index in [1.807, 2.05) is 4.90 Å². The van der Waals surface area contributed by atoms with E-state index in [1.54, 1.807) is 0 Å². The van der Waals surface area contributed by atoms with Gasteiger partial charge >= 0.3 is 0 Å². The maximum Gasteiger partial charge on any atom is 0.236 e. The van der Waals surface area contributed by atoms with E-state index in [0.717, 1.165) is 32.2 Å². The molecule has 5 heteroatoms. The first-order valence-electron chi connectivity index (χ1n) is 6.45. The van der Waals surface area contributed by atoms with Crippen LogP contribution in [0.4, 0.5) is 0 Å². The van der Waals surface area contributed by atoms with Crippen molar-refractivity contribution in [3.8, 4) is 0 Å². The van der Waals surface area contributed by atoms with Gasteiger partial charge in [-0.1, -0.05) is 18.5 Å². The third-order valence-electron chi connectivity index (χ3n) is 3.93. The molecule has 0 heterocycles. The Hall–Kier alpha value is -1.26. The quantitative estimate of drug-likeness (QED) is 0.328. The van der Waals surface area contributed by atoms with E-state index in [4.69, 9.17) is 10.9 Å². The summed E-state index contributed by atoms with van der Waals surface area (Å²) in [5, 5.41) is 11.9. The number of amides is 1. The molecule has 0 radical (unpaired) electrons. The lowest BCUT2D eigenvalue weighted by Crippen LogP contribution is -2.55. The predicted molar refractivity (Wildman–Crippen MR) is 64.7 cm³/mol. The molecular formula is C12H21N3O2. The molecule has 3 N–H and O–H groups in total. The average molecular weight is 239 g/mol. The summed E-state index contributed by atoms with van der Waals surface area (Å²) >= 11 is 0. The largest absolute Gasteiger partial charge is 0.409 e. The normalized spacial score (nSPS) is 23.0. The minimum Gasteiger partial charge on any atom is -0.409 e. The number of hydrogen-bond donors (Lipinski definition) is 2. The molecule has 0 aromatic carbocycles. The second-order valence-electron chi connectivity index (χ2n) is 5.15. The van der Waals surface area contributed by atoms with Crippen LogP contribution in [0.5, 0.6) is 0 Å². The summed E-state index contributed by atoms with van der Waals surface area (Å²) in [6, 6.07) is 0.395. The number of carbonyl (C=O) groups excluding carboxylic acids is 1. The molecule has 0 atom stereocenters. The van der Waals surface area contributed by atoms with Gasteiger partial charge in [-0.15, -0.1) is 0 Å². The number of oxime groups is 1. The Morgan fingerprint density at radius 2 is 2.18 bits per heavy atom. The molecule has 5 nitrogen and oxygen atoms in total.